The van der Waals surface area contributed by atoms with Gasteiger partial charge in [0.05, 0.1) is 16.8 Å². The summed E-state index contributed by atoms with van der Waals surface area (Å²) < 4.78 is 1.10. The summed E-state index contributed by atoms with van der Waals surface area (Å²) >= 11 is 1.51. The number of amides is 1. The molecule has 0 atom stereocenters. The summed E-state index contributed by atoms with van der Waals surface area (Å²) in [6.45, 7) is 1.32. The Kier molecular flexibility index (Phi) is 4.74. The predicted octanol–water partition coefficient (Wildman–Crippen LogP) is 2.66. The van der Waals surface area contributed by atoms with Gasteiger partial charge in [0.15, 0.2) is 5.13 Å². The summed E-state index contributed by atoms with van der Waals surface area (Å²) in [7, 11) is 0. The van der Waals surface area contributed by atoms with Crippen molar-refractivity contribution in [2.45, 2.75) is 12.8 Å². The summed E-state index contributed by atoms with van der Waals surface area (Å²) in [4.78, 5) is 16.1. The van der Waals surface area contributed by atoms with E-state index in [-0.39, 0.29) is 18.3 Å². The quantitative estimate of drug-likeness (QED) is 0.892. The molecule has 0 aliphatic heterocycles. The molecule has 1 aliphatic rings. The maximum Gasteiger partial charge on any atom is 0.240 e. The zero-order valence-corrected chi connectivity index (χ0v) is 12.0. The normalized spacial score (nSPS) is 14.1. The number of thiazole rings is 1. The first kappa shape index (κ1) is 14.2. The van der Waals surface area contributed by atoms with Crippen LogP contribution in [0.25, 0.3) is 10.2 Å². The molecule has 4 nitrogen and oxygen atoms in total. The van der Waals surface area contributed by atoms with E-state index in [1.165, 1.54) is 24.2 Å². The van der Waals surface area contributed by atoms with Crippen molar-refractivity contribution in [3.8, 4) is 0 Å². The zero-order chi connectivity index (χ0) is 12.4. The lowest BCUT2D eigenvalue weighted by Gasteiger charge is -2.02. The standard InChI is InChI=1S/C13H15N3OS.ClH/c17-12(8-14-7-9-5-6-9)16-13-15-10-3-1-2-4-11(10)18-13;/h1-4,9,14H,5-8H2,(H,15,16,17);1H. The number of carbonyl (C=O) groups is 1. The number of benzene rings is 1. The van der Waals surface area contributed by atoms with Crippen LogP contribution in [0, 0.1) is 5.92 Å². The molecule has 19 heavy (non-hydrogen) atoms. The summed E-state index contributed by atoms with van der Waals surface area (Å²) in [5.74, 6) is 0.773. The first-order valence-electron chi connectivity index (χ1n) is 6.17. The van der Waals surface area contributed by atoms with Gasteiger partial charge in [-0.05, 0) is 37.4 Å². The number of rotatable bonds is 5. The number of fused-ring (bicyclic) bond motifs is 1. The second-order valence-corrected chi connectivity index (χ2v) is 5.64. The Bertz CT molecular complexity index is 535. The fraction of sp³-hybridized carbons (Fsp3) is 0.385. The Morgan fingerprint density at radius 3 is 2.89 bits per heavy atom. The number of para-hydroxylation sites is 1. The van der Waals surface area contributed by atoms with Gasteiger partial charge in [0.25, 0.3) is 0 Å². The minimum Gasteiger partial charge on any atom is -0.308 e. The van der Waals surface area contributed by atoms with E-state index in [1.54, 1.807) is 0 Å². The van der Waals surface area contributed by atoms with Gasteiger partial charge in [-0.1, -0.05) is 23.5 Å². The molecule has 3 rings (SSSR count). The Morgan fingerprint density at radius 1 is 1.37 bits per heavy atom. The monoisotopic (exact) mass is 297 g/mol. The number of nitrogens with zero attached hydrogens (tertiary/aromatic N) is 1. The van der Waals surface area contributed by atoms with Gasteiger partial charge in [0.2, 0.25) is 5.91 Å². The summed E-state index contributed by atoms with van der Waals surface area (Å²) in [5, 5.41) is 6.67. The van der Waals surface area contributed by atoms with Crippen LogP contribution >= 0.6 is 23.7 Å². The third-order valence-electron chi connectivity index (χ3n) is 2.96. The minimum atomic E-state index is -0.0188. The molecule has 6 heteroatoms. The van der Waals surface area contributed by atoms with E-state index in [9.17, 15) is 4.79 Å². The first-order chi connectivity index (χ1) is 8.81. The van der Waals surface area contributed by atoms with Crippen LogP contribution in [-0.2, 0) is 4.79 Å². The number of carbonyl (C=O) groups excluding carboxylic acids is 1. The van der Waals surface area contributed by atoms with Gasteiger partial charge in [-0.25, -0.2) is 4.98 Å². The van der Waals surface area contributed by atoms with E-state index in [2.05, 4.69) is 15.6 Å². The number of hydrogen-bond donors (Lipinski definition) is 2. The van der Waals surface area contributed by atoms with Gasteiger partial charge < -0.3 is 10.6 Å². The maximum absolute atomic E-state index is 11.7. The van der Waals surface area contributed by atoms with Crippen molar-refractivity contribution < 1.29 is 4.79 Å². The molecule has 1 aliphatic carbocycles. The van der Waals surface area contributed by atoms with Crippen LogP contribution in [-0.4, -0.2) is 24.0 Å². The van der Waals surface area contributed by atoms with Crippen LogP contribution < -0.4 is 10.6 Å². The van der Waals surface area contributed by atoms with Crippen LogP contribution in [0.3, 0.4) is 0 Å². The Balaban J connectivity index is 0.00000133. The Hall–Kier alpha value is -1.17. The van der Waals surface area contributed by atoms with Crippen LogP contribution in [0.4, 0.5) is 5.13 Å². The average Bonchev–Trinajstić information content (AvgIpc) is 3.08. The van der Waals surface area contributed by atoms with Crippen LogP contribution in [0.15, 0.2) is 24.3 Å². The lowest BCUT2D eigenvalue weighted by Crippen LogP contribution is -2.29. The Morgan fingerprint density at radius 2 is 2.16 bits per heavy atom. The van der Waals surface area contributed by atoms with Crippen molar-refractivity contribution in [1.29, 1.82) is 0 Å². The molecule has 2 aromatic rings. The molecule has 0 unspecified atom stereocenters. The molecule has 1 amide bonds. The molecule has 102 valence electrons. The number of nitrogens with one attached hydrogen (secondary N) is 2. The lowest BCUT2D eigenvalue weighted by molar-refractivity contribution is -0.115. The molecular formula is C13H16ClN3OS. The van der Waals surface area contributed by atoms with Crippen LogP contribution in [0.2, 0.25) is 0 Å². The fourth-order valence-corrected chi connectivity index (χ4v) is 2.68. The summed E-state index contributed by atoms with van der Waals surface area (Å²) in [6.07, 6.45) is 2.60. The molecule has 0 radical (unpaired) electrons. The van der Waals surface area contributed by atoms with Crippen molar-refractivity contribution in [2.24, 2.45) is 5.92 Å². The van der Waals surface area contributed by atoms with Gasteiger partial charge in [-0.2, -0.15) is 0 Å². The van der Waals surface area contributed by atoms with Crippen molar-refractivity contribution in [1.82, 2.24) is 10.3 Å². The molecule has 1 heterocycles. The number of halogens is 1. The van der Waals surface area contributed by atoms with E-state index in [0.29, 0.717) is 11.7 Å². The molecule has 1 fully saturated rings. The Labute approximate surface area is 122 Å². The SMILES string of the molecule is Cl.O=C(CNCC1CC1)Nc1nc2ccccc2s1. The van der Waals surface area contributed by atoms with E-state index in [0.717, 1.165) is 22.7 Å². The molecule has 0 saturated heterocycles. The molecular weight excluding hydrogens is 282 g/mol. The zero-order valence-electron chi connectivity index (χ0n) is 10.4. The van der Waals surface area contributed by atoms with Gasteiger partial charge in [0, 0.05) is 0 Å². The smallest absolute Gasteiger partial charge is 0.240 e. The summed E-state index contributed by atoms with van der Waals surface area (Å²) in [6, 6.07) is 7.88. The van der Waals surface area contributed by atoms with Crippen LogP contribution in [0.1, 0.15) is 12.8 Å². The van der Waals surface area contributed by atoms with Gasteiger partial charge in [-0.15, -0.1) is 12.4 Å². The van der Waals surface area contributed by atoms with Crippen molar-refractivity contribution >= 4 is 45.0 Å². The van der Waals surface area contributed by atoms with Crippen molar-refractivity contribution in [3.63, 3.8) is 0 Å². The van der Waals surface area contributed by atoms with E-state index in [1.807, 2.05) is 24.3 Å². The highest BCUT2D eigenvalue weighted by Crippen LogP contribution is 2.27. The van der Waals surface area contributed by atoms with Gasteiger partial charge in [-0.3, -0.25) is 4.79 Å². The van der Waals surface area contributed by atoms with Crippen molar-refractivity contribution in [3.05, 3.63) is 24.3 Å². The number of hydrogen-bond acceptors (Lipinski definition) is 4. The molecule has 1 aromatic carbocycles. The number of anilines is 1. The fourth-order valence-electron chi connectivity index (χ4n) is 1.80. The molecule has 1 saturated carbocycles. The molecule has 2 N–H and O–H groups in total. The molecule has 0 bridgehead atoms. The third-order valence-corrected chi connectivity index (χ3v) is 3.91. The van der Waals surface area contributed by atoms with E-state index < -0.39 is 0 Å². The second kappa shape index (κ2) is 6.32. The average molecular weight is 298 g/mol. The lowest BCUT2D eigenvalue weighted by atomic mass is 10.3. The minimum absolute atomic E-state index is 0. The predicted molar refractivity (Wildman–Crippen MR) is 81.1 cm³/mol. The summed E-state index contributed by atoms with van der Waals surface area (Å²) in [5.41, 5.74) is 0.934. The van der Waals surface area contributed by atoms with E-state index >= 15 is 0 Å². The van der Waals surface area contributed by atoms with Crippen LogP contribution in [0.5, 0.6) is 0 Å². The largest absolute Gasteiger partial charge is 0.308 e. The van der Waals surface area contributed by atoms with Gasteiger partial charge >= 0.3 is 0 Å². The second-order valence-electron chi connectivity index (χ2n) is 4.61. The first-order valence-corrected chi connectivity index (χ1v) is 6.99. The molecule has 0 spiro atoms. The highest BCUT2D eigenvalue weighted by atomic mass is 35.5. The van der Waals surface area contributed by atoms with Crippen molar-refractivity contribution in [2.75, 3.05) is 18.4 Å². The van der Waals surface area contributed by atoms with E-state index in [4.69, 9.17) is 0 Å². The molecule has 1 aromatic heterocycles. The topological polar surface area (TPSA) is 54.0 Å². The third kappa shape index (κ3) is 3.89. The van der Waals surface area contributed by atoms with Gasteiger partial charge in [0.1, 0.15) is 0 Å². The highest BCUT2D eigenvalue weighted by Gasteiger charge is 2.20. The highest BCUT2D eigenvalue weighted by molar-refractivity contribution is 7.22. The number of aromatic nitrogens is 1. The maximum atomic E-state index is 11.7.